The van der Waals surface area contributed by atoms with Crippen molar-refractivity contribution in [2.45, 2.75) is 26.2 Å². The Morgan fingerprint density at radius 1 is 1.64 bits per heavy atom. The zero-order chi connectivity index (χ0) is 8.10. The first-order chi connectivity index (χ1) is 5.34. The second kappa shape index (κ2) is 4.73. The maximum absolute atomic E-state index is 5.52. The smallest absolute Gasteiger partial charge is 0.00180 e. The van der Waals surface area contributed by atoms with Crippen molar-refractivity contribution in [1.29, 1.82) is 0 Å². The average molecular weight is 156 g/mol. The van der Waals surface area contributed by atoms with Crippen LogP contribution in [0, 0.1) is 11.8 Å². The fourth-order valence-corrected chi connectivity index (χ4v) is 1.86. The number of nitrogens with two attached hydrogens (primary N) is 1. The Labute approximate surface area is 69.5 Å². The summed E-state index contributed by atoms with van der Waals surface area (Å²) in [5, 5.41) is 3.43. The van der Waals surface area contributed by atoms with E-state index >= 15 is 0 Å². The Morgan fingerprint density at radius 2 is 2.45 bits per heavy atom. The molecule has 0 aromatic rings. The van der Waals surface area contributed by atoms with Gasteiger partial charge >= 0.3 is 0 Å². The molecule has 2 nitrogen and oxygen atoms in total. The van der Waals surface area contributed by atoms with Crippen molar-refractivity contribution in [1.82, 2.24) is 5.32 Å². The number of piperidine rings is 1. The molecule has 2 heteroatoms. The predicted octanol–water partition coefficient (Wildman–Crippen LogP) is 0.971. The van der Waals surface area contributed by atoms with Crippen molar-refractivity contribution < 1.29 is 0 Å². The van der Waals surface area contributed by atoms with Crippen LogP contribution in [0.2, 0.25) is 0 Å². The molecular weight excluding hydrogens is 136 g/mol. The van der Waals surface area contributed by atoms with Gasteiger partial charge in [-0.25, -0.2) is 0 Å². The lowest BCUT2D eigenvalue weighted by Crippen LogP contribution is -2.33. The largest absolute Gasteiger partial charge is 0.330 e. The van der Waals surface area contributed by atoms with Gasteiger partial charge in [-0.2, -0.15) is 0 Å². The minimum Gasteiger partial charge on any atom is -0.330 e. The van der Waals surface area contributed by atoms with E-state index in [0.29, 0.717) is 0 Å². The van der Waals surface area contributed by atoms with Gasteiger partial charge in [-0.1, -0.05) is 6.92 Å². The lowest BCUT2D eigenvalue weighted by molar-refractivity contribution is 0.271. The molecule has 0 spiro atoms. The van der Waals surface area contributed by atoms with Crippen LogP contribution < -0.4 is 11.1 Å². The van der Waals surface area contributed by atoms with Crippen LogP contribution in [0.1, 0.15) is 26.2 Å². The van der Waals surface area contributed by atoms with Gasteiger partial charge < -0.3 is 11.1 Å². The summed E-state index contributed by atoms with van der Waals surface area (Å²) in [5.41, 5.74) is 5.52. The highest BCUT2D eigenvalue weighted by atomic mass is 14.9. The summed E-state index contributed by atoms with van der Waals surface area (Å²) in [5.74, 6) is 1.69. The summed E-state index contributed by atoms with van der Waals surface area (Å²) in [6.45, 7) is 5.59. The van der Waals surface area contributed by atoms with Crippen molar-refractivity contribution in [2.75, 3.05) is 19.6 Å². The first kappa shape index (κ1) is 9.01. The predicted molar refractivity (Wildman–Crippen MR) is 48.4 cm³/mol. The van der Waals surface area contributed by atoms with Crippen LogP contribution in [0.15, 0.2) is 0 Å². The van der Waals surface area contributed by atoms with Crippen LogP contribution >= 0.6 is 0 Å². The number of nitrogens with one attached hydrogen (secondary N) is 1. The highest BCUT2D eigenvalue weighted by molar-refractivity contribution is 4.73. The monoisotopic (exact) mass is 156 g/mol. The molecule has 2 unspecified atom stereocenters. The molecule has 0 aliphatic carbocycles. The summed E-state index contributed by atoms with van der Waals surface area (Å²) < 4.78 is 0. The minimum atomic E-state index is 0.813. The van der Waals surface area contributed by atoms with E-state index in [-0.39, 0.29) is 0 Å². The number of rotatable bonds is 3. The normalized spacial score (nSPS) is 28.4. The lowest BCUT2D eigenvalue weighted by atomic mass is 9.85. The van der Waals surface area contributed by atoms with Gasteiger partial charge in [0.2, 0.25) is 0 Å². The zero-order valence-corrected chi connectivity index (χ0v) is 7.47. The summed E-state index contributed by atoms with van der Waals surface area (Å²) in [4.78, 5) is 0. The topological polar surface area (TPSA) is 38.0 Å². The standard InChI is InChI=1S/C9H20N2/c1-8(4-5-10)9-3-2-6-11-7-9/h8-9,11H,2-7,10H2,1H3. The van der Waals surface area contributed by atoms with E-state index in [1.165, 1.54) is 32.4 Å². The van der Waals surface area contributed by atoms with Crippen LogP contribution in [-0.4, -0.2) is 19.6 Å². The Morgan fingerprint density at radius 3 is 3.00 bits per heavy atom. The van der Waals surface area contributed by atoms with Gasteiger partial charge in [0.25, 0.3) is 0 Å². The van der Waals surface area contributed by atoms with Crippen LogP contribution in [0.5, 0.6) is 0 Å². The SMILES string of the molecule is CC(CCN)C1CCCNC1. The second-order valence-corrected chi connectivity index (χ2v) is 3.66. The average Bonchev–Trinajstić information content (AvgIpc) is 2.07. The Kier molecular flexibility index (Phi) is 3.87. The van der Waals surface area contributed by atoms with E-state index in [0.717, 1.165) is 18.4 Å². The van der Waals surface area contributed by atoms with E-state index in [2.05, 4.69) is 12.2 Å². The van der Waals surface area contributed by atoms with E-state index in [1.54, 1.807) is 0 Å². The molecular formula is C9H20N2. The Balaban J connectivity index is 2.21. The molecule has 1 heterocycles. The first-order valence-electron chi connectivity index (χ1n) is 4.75. The molecule has 1 rings (SSSR count). The van der Waals surface area contributed by atoms with Gasteiger partial charge in [0, 0.05) is 0 Å². The van der Waals surface area contributed by atoms with E-state index in [9.17, 15) is 0 Å². The summed E-state index contributed by atoms with van der Waals surface area (Å²) in [6.07, 6.45) is 3.93. The van der Waals surface area contributed by atoms with Crippen molar-refractivity contribution in [3.05, 3.63) is 0 Å². The van der Waals surface area contributed by atoms with Crippen molar-refractivity contribution >= 4 is 0 Å². The van der Waals surface area contributed by atoms with Gasteiger partial charge in [-0.3, -0.25) is 0 Å². The Bertz CT molecular complexity index is 97.7. The maximum Gasteiger partial charge on any atom is -0.00180 e. The summed E-state index contributed by atoms with van der Waals surface area (Å²) in [7, 11) is 0. The molecule has 0 bridgehead atoms. The van der Waals surface area contributed by atoms with E-state index in [4.69, 9.17) is 5.73 Å². The van der Waals surface area contributed by atoms with Crippen molar-refractivity contribution in [2.24, 2.45) is 17.6 Å². The van der Waals surface area contributed by atoms with Crippen molar-refractivity contribution in [3.63, 3.8) is 0 Å². The first-order valence-corrected chi connectivity index (χ1v) is 4.75. The Hall–Kier alpha value is -0.0800. The molecule has 66 valence electrons. The molecule has 2 atom stereocenters. The van der Waals surface area contributed by atoms with Gasteiger partial charge in [-0.05, 0) is 50.7 Å². The minimum absolute atomic E-state index is 0.813. The lowest BCUT2D eigenvalue weighted by Gasteiger charge is -2.27. The molecule has 11 heavy (non-hydrogen) atoms. The fourth-order valence-electron chi connectivity index (χ4n) is 1.86. The molecule has 0 radical (unpaired) electrons. The molecule has 1 aliphatic heterocycles. The van der Waals surface area contributed by atoms with Crippen LogP contribution in [0.3, 0.4) is 0 Å². The summed E-state index contributed by atoms with van der Waals surface area (Å²) >= 11 is 0. The zero-order valence-electron chi connectivity index (χ0n) is 7.47. The third kappa shape index (κ3) is 2.80. The molecule has 1 saturated heterocycles. The van der Waals surface area contributed by atoms with Crippen LogP contribution in [-0.2, 0) is 0 Å². The highest BCUT2D eigenvalue weighted by Crippen LogP contribution is 2.21. The molecule has 0 saturated carbocycles. The van der Waals surface area contributed by atoms with Crippen LogP contribution in [0.25, 0.3) is 0 Å². The van der Waals surface area contributed by atoms with Gasteiger partial charge in [0.05, 0.1) is 0 Å². The fraction of sp³-hybridized carbons (Fsp3) is 1.00. The molecule has 1 fully saturated rings. The number of hydrogen-bond acceptors (Lipinski definition) is 2. The second-order valence-electron chi connectivity index (χ2n) is 3.66. The molecule has 1 aliphatic rings. The number of hydrogen-bond donors (Lipinski definition) is 2. The maximum atomic E-state index is 5.52. The van der Waals surface area contributed by atoms with E-state index in [1.807, 2.05) is 0 Å². The van der Waals surface area contributed by atoms with Gasteiger partial charge in [0.1, 0.15) is 0 Å². The highest BCUT2D eigenvalue weighted by Gasteiger charge is 2.18. The molecule has 3 N–H and O–H groups in total. The van der Waals surface area contributed by atoms with Gasteiger partial charge in [-0.15, -0.1) is 0 Å². The molecule has 0 amide bonds. The third-order valence-electron chi connectivity index (χ3n) is 2.76. The molecule has 0 aromatic heterocycles. The van der Waals surface area contributed by atoms with Gasteiger partial charge in [0.15, 0.2) is 0 Å². The summed E-state index contributed by atoms with van der Waals surface area (Å²) in [6, 6.07) is 0. The van der Waals surface area contributed by atoms with Crippen LogP contribution in [0.4, 0.5) is 0 Å². The molecule has 0 aromatic carbocycles. The van der Waals surface area contributed by atoms with Crippen molar-refractivity contribution in [3.8, 4) is 0 Å². The quantitative estimate of drug-likeness (QED) is 0.639. The third-order valence-corrected chi connectivity index (χ3v) is 2.76. The van der Waals surface area contributed by atoms with E-state index < -0.39 is 0 Å².